The van der Waals surface area contributed by atoms with Crippen LogP contribution in [0, 0.1) is 11.6 Å². The summed E-state index contributed by atoms with van der Waals surface area (Å²) in [6.45, 7) is 3.78. The molecule has 4 rings (SSSR count). The van der Waals surface area contributed by atoms with E-state index in [4.69, 9.17) is 4.98 Å². The van der Waals surface area contributed by atoms with E-state index in [0.29, 0.717) is 13.0 Å². The van der Waals surface area contributed by atoms with E-state index in [1.165, 1.54) is 30.3 Å². The molecule has 2 aromatic carbocycles. The van der Waals surface area contributed by atoms with Gasteiger partial charge in [0.25, 0.3) is 5.91 Å². The van der Waals surface area contributed by atoms with Gasteiger partial charge in [-0.15, -0.1) is 0 Å². The number of amides is 2. The first-order valence-electron chi connectivity index (χ1n) is 11.3. The van der Waals surface area contributed by atoms with Crippen molar-refractivity contribution in [2.75, 3.05) is 6.54 Å². The molecule has 2 amide bonds. The monoisotopic (exact) mass is 463 g/mol. The first-order valence-corrected chi connectivity index (χ1v) is 11.3. The van der Waals surface area contributed by atoms with Crippen LogP contribution in [0.25, 0.3) is 0 Å². The minimum absolute atomic E-state index is 0.104. The van der Waals surface area contributed by atoms with E-state index < -0.39 is 17.3 Å². The van der Waals surface area contributed by atoms with E-state index >= 15 is 0 Å². The second-order valence-corrected chi connectivity index (χ2v) is 9.08. The third-order valence-electron chi connectivity index (χ3n) is 6.04. The molecule has 0 spiro atoms. The fourth-order valence-corrected chi connectivity index (χ4v) is 4.36. The molecule has 1 unspecified atom stereocenters. The molecule has 1 aliphatic rings. The number of benzene rings is 2. The van der Waals surface area contributed by atoms with Crippen molar-refractivity contribution in [1.29, 1.82) is 0 Å². The molecule has 1 aliphatic heterocycles. The predicted molar refractivity (Wildman–Crippen MR) is 125 cm³/mol. The summed E-state index contributed by atoms with van der Waals surface area (Å²) in [5.74, 6) is -1.82. The Morgan fingerprint density at radius 3 is 2.59 bits per heavy atom. The van der Waals surface area contributed by atoms with Gasteiger partial charge >= 0.3 is 0 Å². The Bertz CT molecular complexity index is 1210. The SMILES string of the molecule is CC(C)(NC(=O)c1ccccc1F)C(=O)N1CCCC1c1cccc(Cc2cccc(F)c2)n1. The maximum absolute atomic E-state index is 14.0. The molecule has 1 fully saturated rings. The lowest BCUT2D eigenvalue weighted by molar-refractivity contribution is -0.137. The van der Waals surface area contributed by atoms with Crippen LogP contribution in [-0.4, -0.2) is 33.8 Å². The third-order valence-corrected chi connectivity index (χ3v) is 6.04. The summed E-state index contributed by atoms with van der Waals surface area (Å²) in [7, 11) is 0. The highest BCUT2D eigenvalue weighted by Gasteiger charge is 2.40. The molecular formula is C27H27F2N3O2. The summed E-state index contributed by atoms with van der Waals surface area (Å²) in [5.41, 5.74) is 1.03. The van der Waals surface area contributed by atoms with E-state index in [2.05, 4.69) is 5.32 Å². The quantitative estimate of drug-likeness (QED) is 0.570. The zero-order valence-electron chi connectivity index (χ0n) is 19.2. The van der Waals surface area contributed by atoms with Crippen molar-refractivity contribution in [2.24, 2.45) is 0 Å². The normalized spacial score (nSPS) is 15.9. The van der Waals surface area contributed by atoms with Gasteiger partial charge in [0.2, 0.25) is 5.91 Å². The predicted octanol–water partition coefficient (Wildman–Crippen LogP) is 4.82. The van der Waals surface area contributed by atoms with Crippen LogP contribution in [0.15, 0.2) is 66.7 Å². The molecule has 176 valence electrons. The van der Waals surface area contributed by atoms with E-state index in [1.807, 2.05) is 24.3 Å². The topological polar surface area (TPSA) is 62.3 Å². The summed E-state index contributed by atoms with van der Waals surface area (Å²) >= 11 is 0. The summed E-state index contributed by atoms with van der Waals surface area (Å²) in [5, 5.41) is 2.69. The van der Waals surface area contributed by atoms with E-state index in [9.17, 15) is 18.4 Å². The molecule has 2 heterocycles. The van der Waals surface area contributed by atoms with Gasteiger partial charge in [0.1, 0.15) is 17.2 Å². The largest absolute Gasteiger partial charge is 0.338 e. The van der Waals surface area contributed by atoms with Gasteiger partial charge in [0, 0.05) is 18.7 Å². The second kappa shape index (κ2) is 9.71. The molecule has 1 N–H and O–H groups in total. The highest BCUT2D eigenvalue weighted by molar-refractivity contribution is 5.99. The number of carbonyl (C=O) groups is 2. The number of hydrogen-bond donors (Lipinski definition) is 1. The Morgan fingerprint density at radius 2 is 1.82 bits per heavy atom. The van der Waals surface area contributed by atoms with Crippen LogP contribution in [-0.2, 0) is 11.2 Å². The molecular weight excluding hydrogens is 436 g/mol. The summed E-state index contributed by atoms with van der Waals surface area (Å²) in [6, 6.07) is 17.5. The number of halogens is 2. The molecule has 0 bridgehead atoms. The summed E-state index contributed by atoms with van der Waals surface area (Å²) in [4.78, 5) is 32.6. The van der Waals surface area contributed by atoms with Crippen molar-refractivity contribution in [3.8, 4) is 0 Å². The first kappa shape index (κ1) is 23.5. The molecule has 5 nitrogen and oxygen atoms in total. The average Bonchev–Trinajstić information content (AvgIpc) is 3.28. The van der Waals surface area contributed by atoms with Crippen molar-refractivity contribution in [1.82, 2.24) is 15.2 Å². The van der Waals surface area contributed by atoms with Crippen LogP contribution in [0.3, 0.4) is 0 Å². The first-order chi connectivity index (χ1) is 16.2. The fourth-order valence-electron chi connectivity index (χ4n) is 4.36. The molecule has 1 saturated heterocycles. The van der Waals surface area contributed by atoms with Gasteiger partial charge in [-0.3, -0.25) is 14.6 Å². The number of likely N-dealkylation sites (tertiary alicyclic amines) is 1. The molecule has 0 aliphatic carbocycles. The second-order valence-electron chi connectivity index (χ2n) is 9.08. The van der Waals surface area contributed by atoms with Crippen LogP contribution < -0.4 is 5.32 Å². The van der Waals surface area contributed by atoms with Crippen molar-refractivity contribution >= 4 is 11.8 Å². The standard InChI is InChI=1S/C27H27F2N3O2/c1-27(2,31-25(33)21-11-3-4-12-22(21)29)26(34)32-15-7-14-24(32)23-13-6-10-20(30-23)17-18-8-5-9-19(28)16-18/h3-6,8-13,16,24H,7,14-15,17H2,1-2H3,(H,31,33). The zero-order chi connectivity index (χ0) is 24.3. The van der Waals surface area contributed by atoms with Crippen molar-refractivity contribution < 1.29 is 18.4 Å². The lowest BCUT2D eigenvalue weighted by Gasteiger charge is -2.33. The van der Waals surface area contributed by atoms with E-state index in [0.717, 1.165) is 29.8 Å². The number of rotatable bonds is 6. The highest BCUT2D eigenvalue weighted by Crippen LogP contribution is 2.33. The van der Waals surface area contributed by atoms with E-state index in [1.54, 1.807) is 30.9 Å². The summed E-state index contributed by atoms with van der Waals surface area (Å²) < 4.78 is 27.6. The van der Waals surface area contributed by atoms with Crippen molar-refractivity contribution in [3.05, 3.63) is 101 Å². The van der Waals surface area contributed by atoms with Gasteiger partial charge in [-0.05, 0) is 68.7 Å². The maximum Gasteiger partial charge on any atom is 0.255 e. The average molecular weight is 464 g/mol. The molecule has 1 aromatic heterocycles. The fraction of sp³-hybridized carbons (Fsp3) is 0.296. The van der Waals surface area contributed by atoms with E-state index in [-0.39, 0.29) is 23.3 Å². The minimum Gasteiger partial charge on any atom is -0.338 e. The zero-order valence-corrected chi connectivity index (χ0v) is 19.2. The van der Waals surface area contributed by atoms with Crippen LogP contribution in [0.2, 0.25) is 0 Å². The Labute approximate surface area is 197 Å². The Hall–Kier alpha value is -3.61. The number of carbonyl (C=O) groups excluding carboxylic acids is 2. The molecule has 34 heavy (non-hydrogen) atoms. The Balaban J connectivity index is 1.51. The number of pyridine rings is 1. The van der Waals surface area contributed by atoms with Gasteiger partial charge in [0.05, 0.1) is 17.3 Å². The van der Waals surface area contributed by atoms with Crippen LogP contribution in [0.5, 0.6) is 0 Å². The van der Waals surface area contributed by atoms with Crippen LogP contribution in [0.1, 0.15) is 60.0 Å². The number of hydrogen-bond acceptors (Lipinski definition) is 3. The molecule has 1 atom stereocenters. The van der Waals surface area contributed by atoms with Gasteiger partial charge < -0.3 is 10.2 Å². The van der Waals surface area contributed by atoms with Crippen LogP contribution >= 0.6 is 0 Å². The molecule has 7 heteroatoms. The van der Waals surface area contributed by atoms with Crippen molar-refractivity contribution in [3.63, 3.8) is 0 Å². The van der Waals surface area contributed by atoms with Gasteiger partial charge in [-0.2, -0.15) is 0 Å². The molecule has 0 saturated carbocycles. The lowest BCUT2D eigenvalue weighted by atomic mass is 10.0. The highest BCUT2D eigenvalue weighted by atomic mass is 19.1. The number of nitrogens with one attached hydrogen (secondary N) is 1. The Morgan fingerprint density at radius 1 is 1.06 bits per heavy atom. The molecule has 0 radical (unpaired) electrons. The lowest BCUT2D eigenvalue weighted by Crippen LogP contribution is -2.55. The van der Waals surface area contributed by atoms with Crippen LogP contribution in [0.4, 0.5) is 8.78 Å². The maximum atomic E-state index is 14.0. The number of aromatic nitrogens is 1. The van der Waals surface area contributed by atoms with Crippen molar-refractivity contribution in [2.45, 2.75) is 44.7 Å². The molecule has 3 aromatic rings. The Kier molecular flexibility index (Phi) is 6.72. The third kappa shape index (κ3) is 5.14. The summed E-state index contributed by atoms with van der Waals surface area (Å²) in [6.07, 6.45) is 2.04. The smallest absolute Gasteiger partial charge is 0.255 e. The van der Waals surface area contributed by atoms with Gasteiger partial charge in [0.15, 0.2) is 0 Å². The minimum atomic E-state index is -1.23. The number of nitrogens with zero attached hydrogens (tertiary/aromatic N) is 2. The van der Waals surface area contributed by atoms with Gasteiger partial charge in [-0.1, -0.05) is 30.3 Å². The van der Waals surface area contributed by atoms with Gasteiger partial charge in [-0.25, -0.2) is 8.78 Å².